The van der Waals surface area contributed by atoms with E-state index in [1.165, 1.54) is 7.05 Å². The molecule has 0 bridgehead atoms. The Morgan fingerprint density at radius 2 is 2.04 bits per heavy atom. The summed E-state index contributed by atoms with van der Waals surface area (Å²) in [4.78, 5) is 13.7. The number of nitrogens with one attached hydrogen (secondary N) is 1. The monoisotopic (exact) mass is 345 g/mol. The van der Waals surface area contributed by atoms with Crippen LogP contribution in [0.4, 0.5) is 0 Å². The van der Waals surface area contributed by atoms with Crippen LogP contribution in [0.1, 0.15) is 33.1 Å². The number of nitrogens with two attached hydrogens (primary N) is 1. The Morgan fingerprint density at radius 3 is 2.58 bits per heavy atom. The van der Waals surface area contributed by atoms with E-state index in [0.717, 1.165) is 39.0 Å². The van der Waals surface area contributed by atoms with Crippen molar-refractivity contribution in [2.45, 2.75) is 39.4 Å². The molecule has 0 aromatic carbocycles. The van der Waals surface area contributed by atoms with Gasteiger partial charge in [0, 0.05) is 19.6 Å². The number of aliphatic carboxylic acids is 1. The topological polar surface area (TPSA) is 119 Å². The van der Waals surface area contributed by atoms with Gasteiger partial charge in [-0.05, 0) is 51.1 Å². The van der Waals surface area contributed by atoms with Crippen molar-refractivity contribution in [1.82, 2.24) is 10.2 Å². The van der Waals surface area contributed by atoms with E-state index in [2.05, 4.69) is 29.8 Å². The highest BCUT2D eigenvalue weighted by atomic mass is 16.4. The zero-order chi connectivity index (χ0) is 18.5. The Morgan fingerprint density at radius 1 is 1.38 bits per heavy atom. The van der Waals surface area contributed by atoms with Crippen LogP contribution in [0, 0.1) is 17.8 Å². The number of carboxylic acids is 1. The van der Waals surface area contributed by atoms with Gasteiger partial charge in [0.05, 0.1) is 5.92 Å². The molecular weight excluding hydrogens is 309 g/mol. The zero-order valence-electron chi connectivity index (χ0n) is 15.4. The molecule has 8 heteroatoms. The minimum atomic E-state index is -1.29. The Kier molecular flexibility index (Phi) is 13.2. The maximum absolute atomic E-state index is 11.4. The van der Waals surface area contributed by atoms with Crippen LogP contribution >= 0.6 is 0 Å². The SMILES string of the molecule is CCNCCC(C)CN1CC(CCCB(O)O)C(C(=O)O)C1.CN. The van der Waals surface area contributed by atoms with Crippen LogP contribution in [-0.2, 0) is 4.79 Å². The molecule has 0 radical (unpaired) electrons. The van der Waals surface area contributed by atoms with Crippen LogP contribution in [0.15, 0.2) is 0 Å². The first kappa shape index (κ1) is 23.3. The summed E-state index contributed by atoms with van der Waals surface area (Å²) in [6.45, 7) is 8.66. The predicted molar refractivity (Wildman–Crippen MR) is 97.7 cm³/mol. The third-order valence-corrected chi connectivity index (χ3v) is 4.50. The molecule has 0 aromatic rings. The highest BCUT2D eigenvalue weighted by Crippen LogP contribution is 2.29. The number of carboxylic acid groups (broad SMARTS) is 1. The number of hydrogen-bond donors (Lipinski definition) is 5. The second kappa shape index (κ2) is 13.6. The normalized spacial score (nSPS) is 21.9. The van der Waals surface area contributed by atoms with Gasteiger partial charge in [-0.15, -0.1) is 0 Å². The van der Waals surface area contributed by atoms with Crippen molar-refractivity contribution in [2.75, 3.05) is 39.8 Å². The second-order valence-corrected chi connectivity index (χ2v) is 6.58. The molecule has 1 heterocycles. The molecule has 0 saturated carbocycles. The molecule has 3 unspecified atom stereocenters. The van der Waals surface area contributed by atoms with Crippen molar-refractivity contribution < 1.29 is 19.9 Å². The van der Waals surface area contributed by atoms with Crippen molar-refractivity contribution in [1.29, 1.82) is 0 Å². The largest absolute Gasteiger partial charge is 0.481 e. The Hall–Kier alpha value is -0.665. The number of carbonyl (C=O) groups is 1. The molecule has 1 rings (SSSR count). The maximum atomic E-state index is 11.4. The average Bonchev–Trinajstić information content (AvgIpc) is 2.92. The van der Waals surface area contributed by atoms with Crippen LogP contribution in [-0.4, -0.2) is 72.9 Å². The summed E-state index contributed by atoms with van der Waals surface area (Å²) in [6.07, 6.45) is 2.83. The van der Waals surface area contributed by atoms with Gasteiger partial charge < -0.3 is 31.1 Å². The fourth-order valence-electron chi connectivity index (χ4n) is 3.30. The molecule has 0 amide bonds. The molecule has 142 valence electrons. The third kappa shape index (κ3) is 9.59. The molecule has 7 nitrogen and oxygen atoms in total. The Balaban J connectivity index is 0.00000254. The van der Waals surface area contributed by atoms with Gasteiger partial charge in [0.1, 0.15) is 0 Å². The second-order valence-electron chi connectivity index (χ2n) is 6.58. The first-order valence-corrected chi connectivity index (χ1v) is 9.03. The van der Waals surface area contributed by atoms with Crippen molar-refractivity contribution in [2.24, 2.45) is 23.5 Å². The van der Waals surface area contributed by atoms with Gasteiger partial charge in [-0.2, -0.15) is 0 Å². The van der Waals surface area contributed by atoms with Gasteiger partial charge in [0.2, 0.25) is 0 Å². The quantitative estimate of drug-likeness (QED) is 0.266. The summed E-state index contributed by atoms with van der Waals surface area (Å²) in [5.41, 5.74) is 4.50. The maximum Gasteiger partial charge on any atom is 0.451 e. The molecule has 0 aliphatic carbocycles. The molecule has 1 aliphatic rings. The standard InChI is InChI=1S/C15H31BN2O4.CH5N/c1-3-17-8-6-12(2)9-18-10-13(5-4-7-16(21)22)14(11-18)15(19)20;1-2/h12-14,17,21-22H,3-11H2,1-2H3,(H,19,20);2H2,1H3. The smallest absolute Gasteiger partial charge is 0.451 e. The minimum Gasteiger partial charge on any atom is -0.481 e. The highest BCUT2D eigenvalue weighted by molar-refractivity contribution is 6.40. The molecule has 1 saturated heterocycles. The van der Waals surface area contributed by atoms with Gasteiger partial charge >= 0.3 is 13.1 Å². The fraction of sp³-hybridized carbons (Fsp3) is 0.938. The van der Waals surface area contributed by atoms with E-state index >= 15 is 0 Å². The summed E-state index contributed by atoms with van der Waals surface area (Å²) in [5, 5.41) is 30.5. The molecular formula is C16H36BN3O4. The van der Waals surface area contributed by atoms with Crippen LogP contribution in [0.2, 0.25) is 6.32 Å². The van der Waals surface area contributed by atoms with E-state index in [0.29, 0.717) is 25.2 Å². The lowest BCUT2D eigenvalue weighted by Crippen LogP contribution is -2.29. The first-order valence-electron chi connectivity index (χ1n) is 9.03. The van der Waals surface area contributed by atoms with Gasteiger partial charge in [-0.3, -0.25) is 4.79 Å². The van der Waals surface area contributed by atoms with Crippen LogP contribution in [0.25, 0.3) is 0 Å². The first-order chi connectivity index (χ1) is 11.4. The summed E-state index contributed by atoms with van der Waals surface area (Å²) in [7, 11) is 0.215. The zero-order valence-corrected chi connectivity index (χ0v) is 15.4. The lowest BCUT2D eigenvalue weighted by Gasteiger charge is -2.21. The summed E-state index contributed by atoms with van der Waals surface area (Å²) >= 11 is 0. The van der Waals surface area contributed by atoms with E-state index in [4.69, 9.17) is 10.0 Å². The van der Waals surface area contributed by atoms with Crippen molar-refractivity contribution in [3.63, 3.8) is 0 Å². The molecule has 0 aromatic heterocycles. The predicted octanol–water partition coefficient (Wildman–Crippen LogP) is 0.0826. The minimum absolute atomic E-state index is 0.122. The number of likely N-dealkylation sites (tertiary alicyclic amines) is 1. The van der Waals surface area contributed by atoms with Crippen LogP contribution < -0.4 is 11.1 Å². The highest BCUT2D eigenvalue weighted by Gasteiger charge is 2.37. The van der Waals surface area contributed by atoms with E-state index in [1.54, 1.807) is 0 Å². The van der Waals surface area contributed by atoms with E-state index < -0.39 is 13.1 Å². The fourth-order valence-corrected chi connectivity index (χ4v) is 3.30. The molecule has 1 aliphatic heterocycles. The number of hydrogen-bond acceptors (Lipinski definition) is 6. The number of nitrogens with zero attached hydrogens (tertiary/aromatic N) is 1. The summed E-state index contributed by atoms with van der Waals surface area (Å²) in [5.74, 6) is -0.377. The summed E-state index contributed by atoms with van der Waals surface area (Å²) < 4.78 is 0. The van der Waals surface area contributed by atoms with Gasteiger partial charge in [0.25, 0.3) is 0 Å². The van der Waals surface area contributed by atoms with Crippen molar-refractivity contribution in [3.8, 4) is 0 Å². The van der Waals surface area contributed by atoms with E-state index in [1.807, 2.05) is 0 Å². The molecule has 3 atom stereocenters. The molecule has 24 heavy (non-hydrogen) atoms. The van der Waals surface area contributed by atoms with Gasteiger partial charge in [-0.1, -0.05) is 20.3 Å². The van der Waals surface area contributed by atoms with Gasteiger partial charge in [0.15, 0.2) is 0 Å². The molecule has 0 spiro atoms. The summed E-state index contributed by atoms with van der Waals surface area (Å²) in [6, 6.07) is 0. The Labute approximate surface area is 146 Å². The molecule has 6 N–H and O–H groups in total. The van der Waals surface area contributed by atoms with Crippen LogP contribution in [0.5, 0.6) is 0 Å². The van der Waals surface area contributed by atoms with Crippen LogP contribution in [0.3, 0.4) is 0 Å². The van der Waals surface area contributed by atoms with E-state index in [-0.39, 0.29) is 11.8 Å². The Bertz CT molecular complexity index is 334. The third-order valence-electron chi connectivity index (χ3n) is 4.50. The average molecular weight is 345 g/mol. The van der Waals surface area contributed by atoms with E-state index in [9.17, 15) is 9.90 Å². The van der Waals surface area contributed by atoms with Crippen molar-refractivity contribution in [3.05, 3.63) is 0 Å². The van der Waals surface area contributed by atoms with Gasteiger partial charge in [-0.25, -0.2) is 0 Å². The van der Waals surface area contributed by atoms with Crippen molar-refractivity contribution >= 4 is 13.1 Å². The lowest BCUT2D eigenvalue weighted by molar-refractivity contribution is -0.142. The lowest BCUT2D eigenvalue weighted by atomic mass is 9.80. The number of rotatable bonds is 11. The molecule has 1 fully saturated rings.